The van der Waals surface area contributed by atoms with Gasteiger partial charge in [-0.2, -0.15) is 0 Å². The zero-order valence-corrected chi connectivity index (χ0v) is 17.1. The van der Waals surface area contributed by atoms with Crippen LogP contribution in [0.3, 0.4) is 0 Å². The van der Waals surface area contributed by atoms with E-state index in [1.54, 1.807) is 24.3 Å². The summed E-state index contributed by atoms with van der Waals surface area (Å²) in [5.41, 5.74) is 3.80. The predicted molar refractivity (Wildman–Crippen MR) is 110 cm³/mol. The number of fused-ring (bicyclic) bond motifs is 1. The maximum atomic E-state index is 12.4. The zero-order valence-electron chi connectivity index (χ0n) is 16.3. The van der Waals surface area contributed by atoms with E-state index >= 15 is 0 Å². The molecule has 0 saturated heterocycles. The van der Waals surface area contributed by atoms with E-state index in [2.05, 4.69) is 41.7 Å². The normalized spacial score (nSPS) is 16.6. The van der Waals surface area contributed by atoms with Crippen LogP contribution in [0.15, 0.2) is 53.4 Å². The van der Waals surface area contributed by atoms with Crippen molar-refractivity contribution >= 4 is 10.0 Å². The van der Waals surface area contributed by atoms with Crippen LogP contribution in [0.1, 0.15) is 43.4 Å². The molecule has 2 aromatic carbocycles. The molecule has 0 saturated carbocycles. The summed E-state index contributed by atoms with van der Waals surface area (Å²) in [5.74, 6) is 0. The molecule has 1 N–H and O–H groups in total. The van der Waals surface area contributed by atoms with E-state index in [0.29, 0.717) is 17.5 Å². The Morgan fingerprint density at radius 2 is 1.63 bits per heavy atom. The number of sulfonamides is 1. The minimum Gasteiger partial charge on any atom is -0.300 e. The fourth-order valence-electron chi connectivity index (χ4n) is 3.93. The quantitative estimate of drug-likeness (QED) is 0.714. The van der Waals surface area contributed by atoms with Crippen molar-refractivity contribution in [2.24, 2.45) is 0 Å². The van der Waals surface area contributed by atoms with E-state index in [-0.39, 0.29) is 0 Å². The van der Waals surface area contributed by atoms with Gasteiger partial charge in [-0.3, -0.25) is 4.90 Å². The molecule has 0 amide bonds. The minimum absolute atomic E-state index is 0.306. The van der Waals surface area contributed by atoms with E-state index in [9.17, 15) is 8.42 Å². The topological polar surface area (TPSA) is 49.4 Å². The predicted octanol–water partition coefficient (Wildman–Crippen LogP) is 3.75. The summed E-state index contributed by atoms with van der Waals surface area (Å²) in [6.45, 7) is 7.10. The van der Waals surface area contributed by atoms with Gasteiger partial charge in [0.1, 0.15) is 0 Å². The van der Waals surface area contributed by atoms with Crippen LogP contribution in [0, 0.1) is 0 Å². The standard InChI is InChI=1S/C22H30N2O2S/c1-3-12-24(13-4-2)21-15-19-11-10-18(14-20(19)16-21)17-23-27(25,26)22-8-6-5-7-9-22/h5-11,14,21,23H,3-4,12-13,15-17H2,1-2H3/t21-/m1/s1. The third kappa shape index (κ3) is 4.98. The average molecular weight is 387 g/mol. The lowest BCUT2D eigenvalue weighted by molar-refractivity contribution is 0.202. The van der Waals surface area contributed by atoms with Gasteiger partial charge >= 0.3 is 0 Å². The van der Waals surface area contributed by atoms with E-state index in [1.165, 1.54) is 24.0 Å². The Hall–Kier alpha value is -1.69. The van der Waals surface area contributed by atoms with Gasteiger partial charge < -0.3 is 0 Å². The highest BCUT2D eigenvalue weighted by atomic mass is 32.2. The number of hydrogen-bond acceptors (Lipinski definition) is 3. The van der Waals surface area contributed by atoms with Crippen LogP contribution in [0.25, 0.3) is 0 Å². The summed E-state index contributed by atoms with van der Waals surface area (Å²) in [4.78, 5) is 2.92. The van der Waals surface area contributed by atoms with Crippen LogP contribution >= 0.6 is 0 Å². The second kappa shape index (κ2) is 9.00. The first-order valence-electron chi connectivity index (χ1n) is 9.93. The van der Waals surface area contributed by atoms with E-state index in [0.717, 1.165) is 31.5 Å². The summed E-state index contributed by atoms with van der Waals surface area (Å²) >= 11 is 0. The van der Waals surface area contributed by atoms with Crippen LogP contribution in [0.2, 0.25) is 0 Å². The van der Waals surface area contributed by atoms with Crippen LogP contribution in [-0.4, -0.2) is 32.4 Å². The molecule has 27 heavy (non-hydrogen) atoms. The Morgan fingerprint density at radius 3 is 2.30 bits per heavy atom. The lowest BCUT2D eigenvalue weighted by Gasteiger charge is -2.27. The minimum atomic E-state index is -3.47. The van der Waals surface area contributed by atoms with Gasteiger partial charge in [0.15, 0.2) is 0 Å². The molecular formula is C22H30N2O2S. The third-order valence-electron chi connectivity index (χ3n) is 5.24. The summed E-state index contributed by atoms with van der Waals surface area (Å²) in [7, 11) is -3.47. The molecule has 1 aliphatic rings. The molecule has 0 aromatic heterocycles. The van der Waals surface area contributed by atoms with Crippen molar-refractivity contribution in [2.75, 3.05) is 13.1 Å². The molecule has 4 nitrogen and oxygen atoms in total. The Bertz CT molecular complexity index is 844. The van der Waals surface area contributed by atoms with Crippen LogP contribution in [0.4, 0.5) is 0 Å². The molecule has 2 aromatic rings. The summed E-state index contributed by atoms with van der Waals surface area (Å²) in [6, 6.07) is 15.5. The summed E-state index contributed by atoms with van der Waals surface area (Å²) in [5, 5.41) is 0. The first-order chi connectivity index (χ1) is 13.0. The summed E-state index contributed by atoms with van der Waals surface area (Å²) in [6.07, 6.45) is 4.53. The Labute approximate surface area is 163 Å². The highest BCUT2D eigenvalue weighted by molar-refractivity contribution is 7.89. The lowest BCUT2D eigenvalue weighted by atomic mass is 10.1. The lowest BCUT2D eigenvalue weighted by Crippen LogP contribution is -2.37. The van der Waals surface area contributed by atoms with Crippen LogP contribution in [-0.2, 0) is 29.4 Å². The van der Waals surface area contributed by atoms with Gasteiger partial charge in [0.05, 0.1) is 4.90 Å². The average Bonchev–Trinajstić information content (AvgIpc) is 3.10. The first kappa shape index (κ1) is 20.1. The van der Waals surface area contributed by atoms with Crippen molar-refractivity contribution < 1.29 is 8.42 Å². The van der Waals surface area contributed by atoms with Crippen molar-refractivity contribution in [3.05, 3.63) is 65.2 Å². The van der Waals surface area contributed by atoms with Gasteiger partial charge in [0.2, 0.25) is 10.0 Å². The molecule has 5 heteroatoms. The number of hydrogen-bond donors (Lipinski definition) is 1. The van der Waals surface area contributed by atoms with Crippen molar-refractivity contribution in [3.63, 3.8) is 0 Å². The molecule has 0 unspecified atom stereocenters. The van der Waals surface area contributed by atoms with Crippen molar-refractivity contribution in [1.29, 1.82) is 0 Å². The Morgan fingerprint density at radius 1 is 0.963 bits per heavy atom. The smallest absolute Gasteiger partial charge is 0.240 e. The number of nitrogens with one attached hydrogen (secondary N) is 1. The van der Waals surface area contributed by atoms with E-state index < -0.39 is 10.0 Å². The van der Waals surface area contributed by atoms with Crippen LogP contribution in [0.5, 0.6) is 0 Å². The fourth-order valence-corrected chi connectivity index (χ4v) is 4.97. The van der Waals surface area contributed by atoms with E-state index in [4.69, 9.17) is 0 Å². The fraction of sp³-hybridized carbons (Fsp3) is 0.455. The maximum absolute atomic E-state index is 12.4. The SMILES string of the molecule is CCCN(CCC)[C@@H]1Cc2ccc(CNS(=O)(=O)c3ccccc3)cc2C1. The second-order valence-corrected chi connectivity index (χ2v) is 9.11. The monoisotopic (exact) mass is 386 g/mol. The van der Waals surface area contributed by atoms with Gasteiger partial charge in [0, 0.05) is 12.6 Å². The molecule has 0 bridgehead atoms. The molecule has 1 aliphatic carbocycles. The molecule has 0 fully saturated rings. The highest BCUT2D eigenvalue weighted by Gasteiger charge is 2.26. The van der Waals surface area contributed by atoms with Gasteiger partial charge in [-0.15, -0.1) is 0 Å². The molecule has 3 rings (SSSR count). The van der Waals surface area contributed by atoms with Gasteiger partial charge in [-0.25, -0.2) is 13.1 Å². The molecule has 0 heterocycles. The van der Waals surface area contributed by atoms with Gasteiger partial charge in [-0.05, 0) is 67.6 Å². The Balaban J connectivity index is 1.66. The molecule has 0 aliphatic heterocycles. The van der Waals surface area contributed by atoms with Crippen LogP contribution < -0.4 is 4.72 Å². The number of benzene rings is 2. The number of rotatable bonds is 9. The molecule has 1 atom stereocenters. The third-order valence-corrected chi connectivity index (χ3v) is 6.66. The zero-order chi connectivity index (χ0) is 19.3. The molecular weight excluding hydrogens is 356 g/mol. The second-order valence-electron chi connectivity index (χ2n) is 7.34. The maximum Gasteiger partial charge on any atom is 0.240 e. The number of nitrogens with zero attached hydrogens (tertiary/aromatic N) is 1. The van der Waals surface area contributed by atoms with Crippen molar-refractivity contribution in [2.45, 2.75) is 57.0 Å². The van der Waals surface area contributed by atoms with Gasteiger partial charge in [0.25, 0.3) is 0 Å². The molecule has 0 spiro atoms. The van der Waals surface area contributed by atoms with Crippen molar-refractivity contribution in [1.82, 2.24) is 9.62 Å². The van der Waals surface area contributed by atoms with E-state index in [1.807, 2.05) is 6.07 Å². The molecule has 0 radical (unpaired) electrons. The first-order valence-corrected chi connectivity index (χ1v) is 11.4. The molecule has 146 valence electrons. The van der Waals surface area contributed by atoms with Gasteiger partial charge in [-0.1, -0.05) is 50.2 Å². The van der Waals surface area contributed by atoms with Crippen molar-refractivity contribution in [3.8, 4) is 0 Å². The summed E-state index contributed by atoms with van der Waals surface area (Å²) < 4.78 is 27.5. The largest absolute Gasteiger partial charge is 0.300 e. The Kier molecular flexibility index (Phi) is 6.68. The highest BCUT2D eigenvalue weighted by Crippen LogP contribution is 2.27.